The molecule has 0 aromatic heterocycles. The van der Waals surface area contributed by atoms with Crippen LogP contribution in [-0.4, -0.2) is 5.11 Å². The minimum atomic E-state index is -0.674. The largest absolute Gasteiger partial charge is 0.385 e. The van der Waals surface area contributed by atoms with Gasteiger partial charge in [0, 0.05) is 0 Å². The minimum Gasteiger partial charge on any atom is -0.385 e. The first-order valence-corrected chi connectivity index (χ1v) is 7.69. The van der Waals surface area contributed by atoms with Gasteiger partial charge in [-0.05, 0) is 42.2 Å². The zero-order valence-corrected chi connectivity index (χ0v) is 13.2. The van der Waals surface area contributed by atoms with Gasteiger partial charge in [0.1, 0.15) is 0 Å². The first kappa shape index (κ1) is 16.2. The van der Waals surface area contributed by atoms with E-state index in [0.29, 0.717) is 11.8 Å². The Morgan fingerprint density at radius 1 is 0.947 bits per heavy atom. The molecule has 1 heteroatoms. The zero-order chi connectivity index (χ0) is 14.5. The van der Waals surface area contributed by atoms with Crippen LogP contribution in [0.15, 0.2) is 24.3 Å². The van der Waals surface area contributed by atoms with E-state index < -0.39 is 5.60 Å². The van der Waals surface area contributed by atoms with Crippen LogP contribution < -0.4 is 0 Å². The highest BCUT2D eigenvalue weighted by Crippen LogP contribution is 2.35. The molecule has 0 saturated heterocycles. The highest BCUT2D eigenvalue weighted by molar-refractivity contribution is 5.27. The molecule has 0 heterocycles. The molecule has 0 saturated carbocycles. The third-order valence-corrected chi connectivity index (χ3v) is 3.52. The van der Waals surface area contributed by atoms with Crippen molar-refractivity contribution < 1.29 is 5.11 Å². The van der Waals surface area contributed by atoms with Crippen LogP contribution in [0.25, 0.3) is 0 Å². The number of aryl methyl sites for hydroxylation is 1. The van der Waals surface area contributed by atoms with Crippen molar-refractivity contribution >= 4 is 0 Å². The van der Waals surface area contributed by atoms with Gasteiger partial charge in [0.15, 0.2) is 0 Å². The highest BCUT2D eigenvalue weighted by atomic mass is 16.3. The lowest BCUT2D eigenvalue weighted by atomic mass is 9.79. The maximum absolute atomic E-state index is 11.0. The monoisotopic (exact) mass is 262 g/mol. The van der Waals surface area contributed by atoms with Crippen LogP contribution in [0, 0.1) is 11.8 Å². The molecular weight excluding hydrogens is 232 g/mol. The second-order valence-corrected chi connectivity index (χ2v) is 6.67. The van der Waals surface area contributed by atoms with Gasteiger partial charge in [0.05, 0.1) is 5.60 Å². The molecule has 0 atom stereocenters. The van der Waals surface area contributed by atoms with Crippen LogP contribution in [0.3, 0.4) is 0 Å². The molecule has 1 rings (SSSR count). The highest BCUT2D eigenvalue weighted by Gasteiger charge is 2.30. The Hall–Kier alpha value is -0.820. The van der Waals surface area contributed by atoms with Crippen molar-refractivity contribution in [3.8, 4) is 0 Å². The predicted octanol–water partition coefficient (Wildman–Crippen LogP) is 4.92. The molecular formula is C18H30O. The van der Waals surface area contributed by atoms with Gasteiger partial charge in [-0.2, -0.15) is 0 Å². The quantitative estimate of drug-likeness (QED) is 0.739. The van der Waals surface area contributed by atoms with Gasteiger partial charge in [0.25, 0.3) is 0 Å². The van der Waals surface area contributed by atoms with E-state index in [0.717, 1.165) is 24.8 Å². The Morgan fingerprint density at radius 3 is 1.79 bits per heavy atom. The molecule has 0 aliphatic heterocycles. The van der Waals surface area contributed by atoms with Crippen molar-refractivity contribution in [3.63, 3.8) is 0 Å². The average Bonchev–Trinajstić information content (AvgIpc) is 2.27. The summed E-state index contributed by atoms with van der Waals surface area (Å²) in [6.07, 6.45) is 3.95. The predicted molar refractivity (Wildman–Crippen MR) is 83.2 cm³/mol. The first-order valence-electron chi connectivity index (χ1n) is 7.69. The number of aliphatic hydroxyl groups is 1. The number of hydrogen-bond donors (Lipinski definition) is 1. The van der Waals surface area contributed by atoms with Crippen LogP contribution in [0.1, 0.15) is 65.0 Å². The Kier molecular flexibility index (Phi) is 6.06. The van der Waals surface area contributed by atoms with E-state index in [4.69, 9.17) is 0 Å². The summed E-state index contributed by atoms with van der Waals surface area (Å²) in [4.78, 5) is 0. The van der Waals surface area contributed by atoms with E-state index in [9.17, 15) is 5.11 Å². The van der Waals surface area contributed by atoms with Gasteiger partial charge in [-0.25, -0.2) is 0 Å². The van der Waals surface area contributed by atoms with Gasteiger partial charge in [-0.1, -0.05) is 65.3 Å². The molecule has 0 aliphatic rings. The smallest absolute Gasteiger partial charge is 0.0901 e. The molecule has 1 aromatic rings. The van der Waals surface area contributed by atoms with Gasteiger partial charge in [-0.15, -0.1) is 0 Å². The van der Waals surface area contributed by atoms with Crippen LogP contribution in [-0.2, 0) is 12.0 Å². The van der Waals surface area contributed by atoms with Gasteiger partial charge >= 0.3 is 0 Å². The van der Waals surface area contributed by atoms with Crippen molar-refractivity contribution in [3.05, 3.63) is 35.4 Å². The molecule has 1 aromatic carbocycles. The normalized spacial score (nSPS) is 12.4. The summed E-state index contributed by atoms with van der Waals surface area (Å²) >= 11 is 0. The van der Waals surface area contributed by atoms with E-state index >= 15 is 0 Å². The third kappa shape index (κ3) is 4.99. The fourth-order valence-electron chi connectivity index (χ4n) is 2.94. The topological polar surface area (TPSA) is 20.2 Å². The third-order valence-electron chi connectivity index (χ3n) is 3.52. The van der Waals surface area contributed by atoms with Gasteiger partial charge < -0.3 is 5.11 Å². The average molecular weight is 262 g/mol. The first-order chi connectivity index (χ1) is 8.87. The molecule has 0 unspecified atom stereocenters. The molecule has 0 fully saturated rings. The van der Waals surface area contributed by atoms with E-state index in [-0.39, 0.29) is 0 Å². The summed E-state index contributed by atoms with van der Waals surface area (Å²) in [5, 5.41) is 11.0. The SMILES string of the molecule is CCCc1ccc(C(O)(CC(C)C)CC(C)C)cc1. The van der Waals surface area contributed by atoms with E-state index in [1.807, 2.05) is 0 Å². The van der Waals surface area contributed by atoms with E-state index in [1.54, 1.807) is 0 Å². The maximum atomic E-state index is 11.0. The van der Waals surface area contributed by atoms with Gasteiger partial charge in [0.2, 0.25) is 0 Å². The van der Waals surface area contributed by atoms with Gasteiger partial charge in [-0.3, -0.25) is 0 Å². The summed E-state index contributed by atoms with van der Waals surface area (Å²) in [6.45, 7) is 10.9. The van der Waals surface area contributed by atoms with Crippen molar-refractivity contribution in [2.45, 2.75) is 65.9 Å². The molecule has 0 spiro atoms. The maximum Gasteiger partial charge on any atom is 0.0901 e. The lowest BCUT2D eigenvalue weighted by Crippen LogP contribution is -2.29. The molecule has 0 aliphatic carbocycles. The molecule has 0 bridgehead atoms. The fraction of sp³-hybridized carbons (Fsp3) is 0.667. The van der Waals surface area contributed by atoms with E-state index in [2.05, 4.69) is 58.9 Å². The Labute approximate surface area is 119 Å². The zero-order valence-electron chi connectivity index (χ0n) is 13.2. The summed E-state index contributed by atoms with van der Waals surface area (Å²) in [5.74, 6) is 0.998. The number of hydrogen-bond acceptors (Lipinski definition) is 1. The summed E-state index contributed by atoms with van der Waals surface area (Å²) < 4.78 is 0. The fourth-order valence-corrected chi connectivity index (χ4v) is 2.94. The Morgan fingerprint density at radius 2 is 1.42 bits per heavy atom. The van der Waals surface area contributed by atoms with Crippen molar-refractivity contribution in [2.75, 3.05) is 0 Å². The standard InChI is InChI=1S/C18H30O/c1-6-7-16-8-10-17(11-9-16)18(19,12-14(2)3)13-15(4)5/h8-11,14-15,19H,6-7,12-13H2,1-5H3. The summed E-state index contributed by atoms with van der Waals surface area (Å²) in [7, 11) is 0. The van der Waals surface area contributed by atoms with Crippen molar-refractivity contribution in [1.29, 1.82) is 0 Å². The second kappa shape index (κ2) is 7.09. The summed E-state index contributed by atoms with van der Waals surface area (Å²) in [5.41, 5.74) is 1.77. The molecule has 19 heavy (non-hydrogen) atoms. The molecule has 1 nitrogen and oxygen atoms in total. The summed E-state index contributed by atoms with van der Waals surface area (Å²) in [6, 6.07) is 8.58. The lowest BCUT2D eigenvalue weighted by Gasteiger charge is -2.32. The number of benzene rings is 1. The minimum absolute atomic E-state index is 0.499. The van der Waals surface area contributed by atoms with Crippen LogP contribution in [0.5, 0.6) is 0 Å². The van der Waals surface area contributed by atoms with E-state index in [1.165, 1.54) is 12.0 Å². The molecule has 108 valence electrons. The van der Waals surface area contributed by atoms with Crippen molar-refractivity contribution in [1.82, 2.24) is 0 Å². The lowest BCUT2D eigenvalue weighted by molar-refractivity contribution is -0.00450. The molecule has 0 radical (unpaired) electrons. The van der Waals surface area contributed by atoms with Crippen LogP contribution >= 0.6 is 0 Å². The molecule has 1 N–H and O–H groups in total. The second-order valence-electron chi connectivity index (χ2n) is 6.67. The van der Waals surface area contributed by atoms with Crippen LogP contribution in [0.4, 0.5) is 0 Å². The Bertz CT molecular complexity index is 352. The number of rotatable bonds is 7. The Balaban J connectivity index is 2.96. The molecule has 0 amide bonds. The van der Waals surface area contributed by atoms with Crippen LogP contribution in [0.2, 0.25) is 0 Å². The van der Waals surface area contributed by atoms with Crippen molar-refractivity contribution in [2.24, 2.45) is 11.8 Å².